The van der Waals surface area contributed by atoms with Crippen LogP contribution in [0.25, 0.3) is 0 Å². The van der Waals surface area contributed by atoms with Gasteiger partial charge in [0.1, 0.15) is 5.75 Å². The summed E-state index contributed by atoms with van der Waals surface area (Å²) in [5.74, 6) is 0.144. The fraction of sp³-hybridized carbons (Fsp3) is 0.316. The van der Waals surface area contributed by atoms with E-state index in [2.05, 4.69) is 5.32 Å². The minimum atomic E-state index is -3.54. The van der Waals surface area contributed by atoms with Gasteiger partial charge in [0.2, 0.25) is 10.0 Å². The molecule has 1 amide bonds. The van der Waals surface area contributed by atoms with Gasteiger partial charge in [0, 0.05) is 18.8 Å². The zero-order valence-corrected chi connectivity index (χ0v) is 15.9. The molecular formula is C19H22N2O5S. The quantitative estimate of drug-likeness (QED) is 0.816. The second-order valence-electron chi connectivity index (χ2n) is 6.14. The first-order chi connectivity index (χ1) is 13.0. The summed E-state index contributed by atoms with van der Waals surface area (Å²) in [6, 6.07) is 13.5. The molecule has 1 aliphatic heterocycles. The fourth-order valence-electron chi connectivity index (χ4n) is 2.69. The van der Waals surface area contributed by atoms with Crippen LogP contribution < -0.4 is 10.1 Å². The highest BCUT2D eigenvalue weighted by atomic mass is 32.2. The van der Waals surface area contributed by atoms with Crippen LogP contribution in [0.1, 0.15) is 5.56 Å². The van der Waals surface area contributed by atoms with Crippen LogP contribution in [-0.2, 0) is 19.6 Å². The molecule has 0 radical (unpaired) electrons. The van der Waals surface area contributed by atoms with Crippen molar-refractivity contribution < 1.29 is 22.7 Å². The average Bonchev–Trinajstić information content (AvgIpc) is 2.69. The number of sulfonamides is 1. The molecule has 0 atom stereocenters. The number of hydrogen-bond donors (Lipinski definition) is 1. The smallest absolute Gasteiger partial charge is 0.262 e. The van der Waals surface area contributed by atoms with Crippen LogP contribution in [-0.4, -0.2) is 51.5 Å². The molecule has 1 aliphatic rings. The fourth-order valence-corrected chi connectivity index (χ4v) is 4.10. The lowest BCUT2D eigenvalue weighted by molar-refractivity contribution is -0.118. The molecule has 2 aromatic rings. The number of nitrogens with zero attached hydrogens (tertiary/aromatic N) is 1. The van der Waals surface area contributed by atoms with E-state index in [9.17, 15) is 13.2 Å². The van der Waals surface area contributed by atoms with E-state index in [1.165, 1.54) is 16.4 Å². The van der Waals surface area contributed by atoms with Crippen molar-refractivity contribution >= 4 is 21.6 Å². The molecule has 2 aromatic carbocycles. The summed E-state index contributed by atoms with van der Waals surface area (Å²) >= 11 is 0. The zero-order chi connectivity index (χ0) is 19.3. The summed E-state index contributed by atoms with van der Waals surface area (Å²) in [6.45, 7) is 3.24. The lowest BCUT2D eigenvalue weighted by Gasteiger charge is -2.26. The van der Waals surface area contributed by atoms with E-state index in [4.69, 9.17) is 9.47 Å². The maximum absolute atomic E-state index is 12.6. The number of aryl methyl sites for hydroxylation is 1. The van der Waals surface area contributed by atoms with Crippen molar-refractivity contribution in [1.82, 2.24) is 4.31 Å². The third kappa shape index (κ3) is 4.85. The number of rotatable bonds is 6. The Morgan fingerprint density at radius 1 is 1.11 bits per heavy atom. The second kappa shape index (κ2) is 8.51. The molecule has 0 aliphatic carbocycles. The van der Waals surface area contributed by atoms with Crippen molar-refractivity contribution in [2.45, 2.75) is 11.8 Å². The molecule has 1 N–H and O–H groups in total. The Kier molecular flexibility index (Phi) is 6.10. The normalized spacial score (nSPS) is 15.3. The molecule has 27 heavy (non-hydrogen) atoms. The monoisotopic (exact) mass is 390 g/mol. The number of carbonyl (C=O) groups is 1. The molecule has 0 saturated carbocycles. The Bertz CT molecular complexity index is 891. The molecule has 0 aromatic heterocycles. The van der Waals surface area contributed by atoms with Gasteiger partial charge in [-0.25, -0.2) is 8.42 Å². The summed E-state index contributed by atoms with van der Waals surface area (Å²) in [7, 11) is -3.54. The van der Waals surface area contributed by atoms with E-state index >= 15 is 0 Å². The highest BCUT2D eigenvalue weighted by Gasteiger charge is 2.26. The first-order valence-electron chi connectivity index (χ1n) is 8.63. The molecule has 0 bridgehead atoms. The van der Waals surface area contributed by atoms with Gasteiger partial charge in [-0.1, -0.05) is 18.2 Å². The average molecular weight is 390 g/mol. The number of benzene rings is 2. The molecule has 144 valence electrons. The standard InChI is InChI=1S/C19H22N2O5S/c1-15-4-2-3-5-18(15)20-19(22)14-26-16-6-8-17(9-7-16)27(23,24)21-10-12-25-13-11-21/h2-9H,10-14H2,1H3,(H,20,22). The first kappa shape index (κ1) is 19.3. The minimum absolute atomic E-state index is 0.163. The van der Waals surface area contributed by atoms with E-state index in [0.717, 1.165) is 11.3 Å². The molecule has 0 spiro atoms. The molecule has 1 heterocycles. The topological polar surface area (TPSA) is 84.9 Å². The highest BCUT2D eigenvalue weighted by molar-refractivity contribution is 7.89. The minimum Gasteiger partial charge on any atom is -0.484 e. The predicted octanol–water partition coefficient (Wildman–Crippen LogP) is 2.03. The van der Waals surface area contributed by atoms with Crippen LogP contribution in [0.2, 0.25) is 0 Å². The number of amides is 1. The van der Waals surface area contributed by atoms with Gasteiger partial charge >= 0.3 is 0 Å². The summed E-state index contributed by atoms with van der Waals surface area (Å²) in [5, 5.41) is 2.78. The Morgan fingerprint density at radius 3 is 2.44 bits per heavy atom. The van der Waals surface area contributed by atoms with Crippen molar-refractivity contribution in [2.75, 3.05) is 38.2 Å². The van der Waals surface area contributed by atoms with E-state index in [1.54, 1.807) is 12.1 Å². The lowest BCUT2D eigenvalue weighted by atomic mass is 10.2. The van der Waals surface area contributed by atoms with Gasteiger partial charge in [-0.2, -0.15) is 4.31 Å². The van der Waals surface area contributed by atoms with Crippen LogP contribution in [0.15, 0.2) is 53.4 Å². The number of nitrogens with one attached hydrogen (secondary N) is 1. The van der Waals surface area contributed by atoms with E-state index in [-0.39, 0.29) is 17.4 Å². The van der Waals surface area contributed by atoms with Crippen LogP contribution in [0, 0.1) is 6.92 Å². The van der Waals surface area contributed by atoms with Crippen LogP contribution >= 0.6 is 0 Å². The van der Waals surface area contributed by atoms with Gasteiger partial charge in [0.15, 0.2) is 6.61 Å². The van der Waals surface area contributed by atoms with Gasteiger partial charge in [-0.3, -0.25) is 4.79 Å². The van der Waals surface area contributed by atoms with Gasteiger partial charge in [0.05, 0.1) is 18.1 Å². The number of carbonyl (C=O) groups excluding carboxylic acids is 1. The Hall–Kier alpha value is -2.42. The van der Waals surface area contributed by atoms with Crippen LogP contribution in [0.4, 0.5) is 5.69 Å². The van der Waals surface area contributed by atoms with E-state index < -0.39 is 10.0 Å². The molecule has 1 fully saturated rings. The Morgan fingerprint density at radius 2 is 1.78 bits per heavy atom. The summed E-state index contributed by atoms with van der Waals surface area (Å²) in [4.78, 5) is 12.2. The Balaban J connectivity index is 1.57. The molecule has 7 nitrogen and oxygen atoms in total. The van der Waals surface area contributed by atoms with Crippen LogP contribution in [0.5, 0.6) is 5.75 Å². The zero-order valence-electron chi connectivity index (χ0n) is 15.1. The molecule has 3 rings (SSSR count). The maximum Gasteiger partial charge on any atom is 0.262 e. The maximum atomic E-state index is 12.6. The summed E-state index contributed by atoms with van der Waals surface area (Å²) < 4.78 is 37.2. The van der Waals surface area contributed by atoms with Gasteiger partial charge < -0.3 is 14.8 Å². The summed E-state index contributed by atoms with van der Waals surface area (Å²) in [6.07, 6.45) is 0. The third-order valence-corrected chi connectivity index (χ3v) is 6.13. The van der Waals surface area contributed by atoms with Gasteiger partial charge in [0.25, 0.3) is 5.91 Å². The largest absolute Gasteiger partial charge is 0.484 e. The first-order valence-corrected chi connectivity index (χ1v) is 10.1. The molecule has 1 saturated heterocycles. The van der Waals surface area contributed by atoms with Gasteiger partial charge in [-0.05, 0) is 42.8 Å². The van der Waals surface area contributed by atoms with Crippen molar-refractivity contribution in [3.63, 3.8) is 0 Å². The third-order valence-electron chi connectivity index (χ3n) is 4.22. The number of ether oxygens (including phenoxy) is 2. The van der Waals surface area contributed by atoms with E-state index in [1.807, 2.05) is 31.2 Å². The number of morpholine rings is 1. The van der Waals surface area contributed by atoms with Crippen molar-refractivity contribution in [3.05, 3.63) is 54.1 Å². The van der Waals surface area contributed by atoms with Crippen LogP contribution in [0.3, 0.4) is 0 Å². The number of para-hydroxylation sites is 1. The van der Waals surface area contributed by atoms with Gasteiger partial charge in [-0.15, -0.1) is 0 Å². The number of anilines is 1. The lowest BCUT2D eigenvalue weighted by Crippen LogP contribution is -2.40. The van der Waals surface area contributed by atoms with Crippen molar-refractivity contribution in [3.8, 4) is 5.75 Å². The molecule has 0 unspecified atom stereocenters. The molecular weight excluding hydrogens is 368 g/mol. The SMILES string of the molecule is Cc1ccccc1NC(=O)COc1ccc(S(=O)(=O)N2CCOCC2)cc1. The number of hydrogen-bond acceptors (Lipinski definition) is 5. The molecule has 8 heteroatoms. The predicted molar refractivity (Wildman–Crippen MR) is 101 cm³/mol. The second-order valence-corrected chi connectivity index (χ2v) is 8.08. The van der Waals surface area contributed by atoms with E-state index in [0.29, 0.717) is 32.1 Å². The summed E-state index contributed by atoms with van der Waals surface area (Å²) in [5.41, 5.74) is 1.70. The highest BCUT2D eigenvalue weighted by Crippen LogP contribution is 2.20. The van der Waals surface area contributed by atoms with Crippen molar-refractivity contribution in [2.24, 2.45) is 0 Å². The Labute approximate surface area is 158 Å². The van der Waals surface area contributed by atoms with Crippen molar-refractivity contribution in [1.29, 1.82) is 0 Å².